The van der Waals surface area contributed by atoms with E-state index >= 15 is 0 Å². The fourth-order valence-electron chi connectivity index (χ4n) is 1.85. The Kier molecular flexibility index (Phi) is 2.90. The summed E-state index contributed by atoms with van der Waals surface area (Å²) in [6.45, 7) is 4.97. The van der Waals surface area contributed by atoms with Crippen molar-refractivity contribution in [1.82, 2.24) is 14.9 Å². The third kappa shape index (κ3) is 1.91. The number of hydrogen-bond donors (Lipinski definition) is 1. The Morgan fingerprint density at radius 3 is 3.12 bits per heavy atom. The Balaban J connectivity index is 2.34. The highest BCUT2D eigenvalue weighted by Crippen LogP contribution is 2.18. The molecule has 0 aliphatic rings. The first-order valence-corrected chi connectivity index (χ1v) is 5.38. The summed E-state index contributed by atoms with van der Waals surface area (Å²) in [6, 6.07) is 1.93. The average Bonchev–Trinajstić information content (AvgIpc) is 2.57. The standard InChI is InChI=1S/C12H15N3O/c1-3-14-12(16)8-15-7-9(2)10-6-13-5-4-11(10)15/h4-7H,3,8H2,1-2H3,(H,14,16). The molecule has 2 aromatic rings. The number of carbonyl (C=O) groups is 1. The van der Waals surface area contributed by atoms with Gasteiger partial charge in [-0.3, -0.25) is 9.78 Å². The van der Waals surface area contributed by atoms with Crippen molar-refractivity contribution in [2.45, 2.75) is 20.4 Å². The lowest BCUT2D eigenvalue weighted by molar-refractivity contribution is -0.121. The average molecular weight is 217 g/mol. The molecule has 0 aromatic carbocycles. The van der Waals surface area contributed by atoms with Crippen LogP contribution < -0.4 is 5.32 Å². The molecule has 84 valence electrons. The summed E-state index contributed by atoms with van der Waals surface area (Å²) in [7, 11) is 0. The van der Waals surface area contributed by atoms with Crippen LogP contribution in [0.2, 0.25) is 0 Å². The van der Waals surface area contributed by atoms with Crippen LogP contribution in [0.1, 0.15) is 12.5 Å². The summed E-state index contributed by atoms with van der Waals surface area (Å²) in [5.74, 6) is 0.0382. The second kappa shape index (κ2) is 4.35. The maximum atomic E-state index is 11.5. The first-order chi connectivity index (χ1) is 7.72. The Morgan fingerprint density at radius 2 is 2.38 bits per heavy atom. The van der Waals surface area contributed by atoms with Gasteiger partial charge in [0.1, 0.15) is 6.54 Å². The van der Waals surface area contributed by atoms with Crippen molar-refractivity contribution in [3.05, 3.63) is 30.2 Å². The molecular formula is C12H15N3O. The molecule has 0 aliphatic heterocycles. The molecule has 4 heteroatoms. The molecule has 0 saturated heterocycles. The maximum absolute atomic E-state index is 11.5. The third-order valence-corrected chi connectivity index (χ3v) is 2.57. The summed E-state index contributed by atoms with van der Waals surface area (Å²) < 4.78 is 1.96. The molecule has 0 saturated carbocycles. The van der Waals surface area contributed by atoms with Crippen molar-refractivity contribution in [3.63, 3.8) is 0 Å². The van der Waals surface area contributed by atoms with Crippen molar-refractivity contribution in [2.24, 2.45) is 0 Å². The lowest BCUT2D eigenvalue weighted by Gasteiger charge is -2.04. The lowest BCUT2D eigenvalue weighted by Crippen LogP contribution is -2.26. The molecule has 0 aliphatic carbocycles. The summed E-state index contributed by atoms with van der Waals surface area (Å²) >= 11 is 0. The monoisotopic (exact) mass is 217 g/mol. The molecule has 0 bridgehead atoms. The van der Waals surface area contributed by atoms with Gasteiger partial charge in [-0.25, -0.2) is 0 Å². The van der Waals surface area contributed by atoms with E-state index in [1.165, 1.54) is 0 Å². The number of fused-ring (bicyclic) bond motifs is 1. The van der Waals surface area contributed by atoms with E-state index in [1.54, 1.807) is 6.20 Å². The number of hydrogen-bond acceptors (Lipinski definition) is 2. The van der Waals surface area contributed by atoms with Gasteiger partial charge in [-0.15, -0.1) is 0 Å². The van der Waals surface area contributed by atoms with Crippen molar-refractivity contribution >= 4 is 16.8 Å². The molecular weight excluding hydrogens is 202 g/mol. The predicted molar refractivity (Wildman–Crippen MR) is 63.2 cm³/mol. The molecule has 2 rings (SSSR count). The van der Waals surface area contributed by atoms with E-state index in [4.69, 9.17) is 0 Å². The van der Waals surface area contributed by atoms with Crippen LogP contribution in [-0.2, 0) is 11.3 Å². The Labute approximate surface area is 94.3 Å². The van der Waals surface area contributed by atoms with E-state index in [9.17, 15) is 4.79 Å². The maximum Gasteiger partial charge on any atom is 0.239 e. The first-order valence-electron chi connectivity index (χ1n) is 5.38. The lowest BCUT2D eigenvalue weighted by atomic mass is 10.2. The minimum atomic E-state index is 0.0382. The fraction of sp³-hybridized carbons (Fsp3) is 0.333. The minimum Gasteiger partial charge on any atom is -0.355 e. The molecule has 4 nitrogen and oxygen atoms in total. The van der Waals surface area contributed by atoms with E-state index < -0.39 is 0 Å². The van der Waals surface area contributed by atoms with Gasteiger partial charge in [0.15, 0.2) is 0 Å². The molecule has 0 radical (unpaired) electrons. The highest BCUT2D eigenvalue weighted by molar-refractivity contribution is 5.85. The zero-order valence-corrected chi connectivity index (χ0v) is 9.53. The summed E-state index contributed by atoms with van der Waals surface area (Å²) in [4.78, 5) is 15.6. The molecule has 0 fully saturated rings. The number of rotatable bonds is 3. The van der Waals surface area contributed by atoms with Gasteiger partial charge in [0.05, 0.1) is 5.52 Å². The van der Waals surface area contributed by atoms with Crippen LogP contribution in [-0.4, -0.2) is 22.0 Å². The van der Waals surface area contributed by atoms with Gasteiger partial charge in [0.2, 0.25) is 5.91 Å². The predicted octanol–water partition coefficient (Wildman–Crippen LogP) is 1.48. The van der Waals surface area contributed by atoms with Gasteiger partial charge in [0.25, 0.3) is 0 Å². The molecule has 0 atom stereocenters. The van der Waals surface area contributed by atoms with Crippen LogP contribution in [0.4, 0.5) is 0 Å². The SMILES string of the molecule is CCNC(=O)Cn1cc(C)c2cnccc21. The topological polar surface area (TPSA) is 46.9 Å². The summed E-state index contributed by atoms with van der Waals surface area (Å²) in [5, 5.41) is 3.90. The quantitative estimate of drug-likeness (QED) is 0.846. The first kappa shape index (κ1) is 10.7. The van der Waals surface area contributed by atoms with E-state index in [0.29, 0.717) is 13.1 Å². The van der Waals surface area contributed by atoms with Crippen molar-refractivity contribution < 1.29 is 4.79 Å². The zero-order valence-electron chi connectivity index (χ0n) is 9.53. The largest absolute Gasteiger partial charge is 0.355 e. The van der Waals surface area contributed by atoms with Crippen LogP contribution in [0.3, 0.4) is 0 Å². The van der Waals surface area contributed by atoms with E-state index in [1.807, 2.05) is 36.9 Å². The second-order valence-electron chi connectivity index (χ2n) is 3.79. The van der Waals surface area contributed by atoms with Gasteiger partial charge in [-0.05, 0) is 25.5 Å². The van der Waals surface area contributed by atoms with E-state index in [-0.39, 0.29) is 5.91 Å². The van der Waals surface area contributed by atoms with Crippen LogP contribution in [0, 0.1) is 6.92 Å². The number of pyridine rings is 1. The van der Waals surface area contributed by atoms with Gasteiger partial charge < -0.3 is 9.88 Å². The number of nitrogens with zero attached hydrogens (tertiary/aromatic N) is 2. The Bertz CT molecular complexity index is 516. The van der Waals surface area contributed by atoms with Gasteiger partial charge >= 0.3 is 0 Å². The molecule has 2 heterocycles. The normalized spacial score (nSPS) is 10.6. The van der Waals surface area contributed by atoms with Gasteiger partial charge in [-0.1, -0.05) is 0 Å². The van der Waals surface area contributed by atoms with Crippen LogP contribution >= 0.6 is 0 Å². The number of aryl methyl sites for hydroxylation is 1. The van der Waals surface area contributed by atoms with Crippen LogP contribution in [0.15, 0.2) is 24.7 Å². The highest BCUT2D eigenvalue weighted by atomic mass is 16.1. The summed E-state index contributed by atoms with van der Waals surface area (Å²) in [5.41, 5.74) is 2.20. The second-order valence-corrected chi connectivity index (χ2v) is 3.79. The molecule has 0 unspecified atom stereocenters. The smallest absolute Gasteiger partial charge is 0.239 e. The van der Waals surface area contributed by atoms with Crippen molar-refractivity contribution in [2.75, 3.05) is 6.54 Å². The Hall–Kier alpha value is -1.84. The number of carbonyl (C=O) groups excluding carboxylic acids is 1. The van der Waals surface area contributed by atoms with Crippen molar-refractivity contribution in [1.29, 1.82) is 0 Å². The van der Waals surface area contributed by atoms with Crippen LogP contribution in [0.25, 0.3) is 10.9 Å². The minimum absolute atomic E-state index is 0.0382. The van der Waals surface area contributed by atoms with Gasteiger partial charge in [0, 0.05) is 30.5 Å². The van der Waals surface area contributed by atoms with Gasteiger partial charge in [-0.2, -0.15) is 0 Å². The molecule has 1 N–H and O–H groups in total. The number of likely N-dealkylation sites (N-methyl/N-ethyl adjacent to an activating group) is 1. The zero-order chi connectivity index (χ0) is 11.5. The summed E-state index contributed by atoms with van der Waals surface area (Å²) in [6.07, 6.45) is 5.57. The highest BCUT2D eigenvalue weighted by Gasteiger charge is 2.07. The van der Waals surface area contributed by atoms with E-state index in [0.717, 1.165) is 16.5 Å². The number of amides is 1. The van der Waals surface area contributed by atoms with Crippen molar-refractivity contribution in [3.8, 4) is 0 Å². The fourth-order valence-corrected chi connectivity index (χ4v) is 1.85. The molecule has 1 amide bonds. The number of aromatic nitrogens is 2. The molecule has 2 aromatic heterocycles. The third-order valence-electron chi connectivity index (χ3n) is 2.57. The molecule has 16 heavy (non-hydrogen) atoms. The molecule has 0 spiro atoms. The number of nitrogens with one attached hydrogen (secondary N) is 1. The van der Waals surface area contributed by atoms with E-state index in [2.05, 4.69) is 10.3 Å². The van der Waals surface area contributed by atoms with Crippen LogP contribution in [0.5, 0.6) is 0 Å². The Morgan fingerprint density at radius 1 is 1.56 bits per heavy atom.